The zero-order valence-corrected chi connectivity index (χ0v) is 19.1. The van der Waals surface area contributed by atoms with Crippen molar-refractivity contribution in [3.63, 3.8) is 0 Å². The molecule has 1 fully saturated rings. The Hall–Kier alpha value is -3.97. The number of ketones is 1. The van der Waals surface area contributed by atoms with Gasteiger partial charge in [0.15, 0.2) is 5.78 Å². The second-order valence-electron chi connectivity index (χ2n) is 7.88. The van der Waals surface area contributed by atoms with E-state index in [1.165, 1.54) is 12.1 Å². The van der Waals surface area contributed by atoms with Crippen LogP contribution in [0.25, 0.3) is 0 Å². The minimum absolute atomic E-state index is 0.205. The molecule has 0 aromatic heterocycles. The van der Waals surface area contributed by atoms with E-state index in [0.717, 1.165) is 4.90 Å². The fourth-order valence-corrected chi connectivity index (χ4v) is 4.20. The highest BCUT2D eigenvalue weighted by Crippen LogP contribution is 2.32. The highest BCUT2D eigenvalue weighted by Gasteiger charge is 2.51. The normalized spacial score (nSPS) is 17.4. The molecule has 172 valence electrons. The van der Waals surface area contributed by atoms with Crippen LogP contribution >= 0.6 is 11.6 Å². The molecule has 1 atom stereocenters. The van der Waals surface area contributed by atoms with Gasteiger partial charge in [0.1, 0.15) is 12.1 Å². The summed E-state index contributed by atoms with van der Waals surface area (Å²) in [6, 6.07) is 21.4. The zero-order chi connectivity index (χ0) is 24.3. The van der Waals surface area contributed by atoms with E-state index < -0.39 is 29.9 Å². The Balaban J connectivity index is 1.55. The van der Waals surface area contributed by atoms with Gasteiger partial charge in [0.2, 0.25) is 5.91 Å². The molecule has 1 unspecified atom stereocenters. The third-order valence-corrected chi connectivity index (χ3v) is 6.05. The van der Waals surface area contributed by atoms with E-state index in [4.69, 9.17) is 11.6 Å². The quantitative estimate of drug-likeness (QED) is 0.392. The van der Waals surface area contributed by atoms with Gasteiger partial charge < -0.3 is 10.6 Å². The van der Waals surface area contributed by atoms with Gasteiger partial charge in [-0.3, -0.25) is 19.3 Å². The van der Waals surface area contributed by atoms with Crippen LogP contribution in [0.4, 0.5) is 10.5 Å². The predicted octanol–water partition coefficient (Wildman–Crippen LogP) is 4.37. The van der Waals surface area contributed by atoms with Crippen molar-refractivity contribution in [3.8, 4) is 0 Å². The van der Waals surface area contributed by atoms with E-state index in [1.807, 2.05) is 6.07 Å². The Labute approximate surface area is 201 Å². The monoisotopic (exact) mass is 475 g/mol. The summed E-state index contributed by atoms with van der Waals surface area (Å²) < 4.78 is 0. The number of anilines is 1. The molecule has 3 aromatic rings. The molecular formula is C26H22ClN3O4. The molecule has 1 saturated heterocycles. The number of hydrogen-bond acceptors (Lipinski definition) is 4. The van der Waals surface area contributed by atoms with Crippen molar-refractivity contribution in [2.24, 2.45) is 0 Å². The van der Waals surface area contributed by atoms with Gasteiger partial charge in [-0.15, -0.1) is 0 Å². The topological polar surface area (TPSA) is 95.6 Å². The molecule has 3 aromatic carbocycles. The number of halogens is 1. The molecule has 34 heavy (non-hydrogen) atoms. The second kappa shape index (κ2) is 9.49. The number of urea groups is 1. The number of carbonyl (C=O) groups is 4. The lowest BCUT2D eigenvalue weighted by atomic mass is 9.87. The first-order chi connectivity index (χ1) is 16.4. The molecule has 4 rings (SSSR count). The molecule has 1 aliphatic heterocycles. The molecule has 0 aliphatic carbocycles. The van der Waals surface area contributed by atoms with Gasteiger partial charge in [0.05, 0.1) is 5.69 Å². The van der Waals surface area contributed by atoms with E-state index in [0.29, 0.717) is 22.6 Å². The molecule has 0 radical (unpaired) electrons. The van der Waals surface area contributed by atoms with Gasteiger partial charge in [-0.2, -0.15) is 0 Å². The molecule has 8 heteroatoms. The van der Waals surface area contributed by atoms with Gasteiger partial charge in [0, 0.05) is 16.1 Å². The van der Waals surface area contributed by atoms with Gasteiger partial charge in [-0.25, -0.2) is 4.79 Å². The summed E-state index contributed by atoms with van der Waals surface area (Å²) in [5, 5.41) is 5.73. The third kappa shape index (κ3) is 4.30. The maximum atomic E-state index is 13.3. The third-order valence-electron chi connectivity index (χ3n) is 5.81. The molecule has 0 spiro atoms. The summed E-state index contributed by atoms with van der Waals surface area (Å²) in [4.78, 5) is 52.7. The molecule has 1 aliphatic rings. The first kappa shape index (κ1) is 23.2. The van der Waals surface area contributed by atoms with Crippen molar-refractivity contribution in [2.75, 3.05) is 11.9 Å². The molecule has 7 nitrogen and oxygen atoms in total. The summed E-state index contributed by atoms with van der Waals surface area (Å²) in [6.45, 7) is 1.30. The van der Waals surface area contributed by atoms with Crippen LogP contribution in [0.2, 0.25) is 5.02 Å². The van der Waals surface area contributed by atoms with Gasteiger partial charge in [0.25, 0.3) is 5.91 Å². The van der Waals surface area contributed by atoms with Crippen LogP contribution in [0, 0.1) is 0 Å². The molecule has 0 bridgehead atoms. The van der Waals surface area contributed by atoms with Crippen LogP contribution < -0.4 is 10.6 Å². The van der Waals surface area contributed by atoms with Crippen LogP contribution in [0.1, 0.15) is 34.8 Å². The van der Waals surface area contributed by atoms with Crippen LogP contribution in [0.3, 0.4) is 0 Å². The van der Waals surface area contributed by atoms with E-state index in [-0.39, 0.29) is 17.0 Å². The maximum Gasteiger partial charge on any atom is 0.325 e. The molecule has 0 saturated carbocycles. The van der Waals surface area contributed by atoms with Crippen LogP contribution in [0.5, 0.6) is 0 Å². The molecule has 1 heterocycles. The number of imide groups is 1. The smallest absolute Gasteiger partial charge is 0.324 e. The zero-order valence-electron chi connectivity index (χ0n) is 18.4. The minimum Gasteiger partial charge on any atom is -0.324 e. The minimum atomic E-state index is -1.23. The highest BCUT2D eigenvalue weighted by molar-refractivity contribution is 6.31. The first-order valence-corrected chi connectivity index (χ1v) is 11.1. The molecular weight excluding hydrogens is 454 g/mol. The van der Waals surface area contributed by atoms with Crippen molar-refractivity contribution < 1.29 is 19.2 Å². The molecule has 4 amide bonds. The maximum absolute atomic E-state index is 13.3. The fraction of sp³-hybridized carbons (Fsp3) is 0.154. The van der Waals surface area contributed by atoms with Gasteiger partial charge in [-0.1, -0.05) is 79.2 Å². The Morgan fingerprint density at radius 2 is 1.62 bits per heavy atom. The van der Waals surface area contributed by atoms with Gasteiger partial charge >= 0.3 is 6.03 Å². The van der Waals surface area contributed by atoms with Crippen molar-refractivity contribution in [3.05, 3.63) is 101 Å². The lowest BCUT2D eigenvalue weighted by Crippen LogP contribution is -2.44. The fourth-order valence-electron chi connectivity index (χ4n) is 4.02. The largest absolute Gasteiger partial charge is 0.325 e. The Bertz CT molecular complexity index is 1260. The lowest BCUT2D eigenvalue weighted by Gasteiger charge is -2.25. The number of hydrogen-bond donors (Lipinski definition) is 2. The Kier molecular flexibility index (Phi) is 6.47. The summed E-state index contributed by atoms with van der Waals surface area (Å²) in [5.74, 6) is -1.44. The van der Waals surface area contributed by atoms with E-state index in [9.17, 15) is 19.2 Å². The van der Waals surface area contributed by atoms with E-state index in [2.05, 4.69) is 10.6 Å². The first-order valence-electron chi connectivity index (χ1n) is 10.7. The Morgan fingerprint density at radius 3 is 2.26 bits per heavy atom. The van der Waals surface area contributed by atoms with Crippen molar-refractivity contribution >= 4 is 40.9 Å². The summed E-state index contributed by atoms with van der Waals surface area (Å²) in [5.41, 5.74) is 0.293. The molecule has 2 N–H and O–H groups in total. The van der Waals surface area contributed by atoms with Crippen LogP contribution in [0.15, 0.2) is 78.9 Å². The number of nitrogens with zero attached hydrogens (tertiary/aromatic N) is 1. The average molecular weight is 476 g/mol. The SMILES string of the molecule is CCC1(c2ccccc2)NC(=O)N(CC(=O)Nc2ccc(Cl)cc2C(=O)c2ccccc2)C1=O. The average Bonchev–Trinajstić information content (AvgIpc) is 3.11. The number of nitrogens with one attached hydrogen (secondary N) is 2. The van der Waals surface area contributed by atoms with Crippen LogP contribution in [-0.4, -0.2) is 35.1 Å². The van der Waals surface area contributed by atoms with E-state index >= 15 is 0 Å². The summed E-state index contributed by atoms with van der Waals surface area (Å²) >= 11 is 6.10. The number of amides is 4. The van der Waals surface area contributed by atoms with E-state index in [1.54, 1.807) is 67.6 Å². The second-order valence-corrected chi connectivity index (χ2v) is 8.32. The van der Waals surface area contributed by atoms with Crippen molar-refractivity contribution in [2.45, 2.75) is 18.9 Å². The van der Waals surface area contributed by atoms with Crippen LogP contribution in [-0.2, 0) is 15.1 Å². The highest BCUT2D eigenvalue weighted by atomic mass is 35.5. The lowest BCUT2D eigenvalue weighted by molar-refractivity contribution is -0.134. The van der Waals surface area contributed by atoms with Crippen molar-refractivity contribution in [1.82, 2.24) is 10.2 Å². The summed E-state index contributed by atoms with van der Waals surface area (Å²) in [7, 11) is 0. The predicted molar refractivity (Wildman–Crippen MR) is 129 cm³/mol. The number of carbonyl (C=O) groups excluding carboxylic acids is 4. The van der Waals surface area contributed by atoms with Gasteiger partial charge in [-0.05, 0) is 30.2 Å². The standard InChI is InChI=1S/C26H22ClN3O4/c1-2-26(18-11-7-4-8-12-18)24(33)30(25(34)29-26)16-22(31)28-21-14-13-19(27)15-20(21)23(32)17-9-5-3-6-10-17/h3-15H,2,16H2,1H3,(H,28,31)(H,29,34). The number of benzene rings is 3. The summed E-state index contributed by atoms with van der Waals surface area (Å²) in [6.07, 6.45) is 0.326. The Morgan fingerprint density at radius 1 is 0.971 bits per heavy atom. The number of rotatable bonds is 7. The van der Waals surface area contributed by atoms with Crippen molar-refractivity contribution in [1.29, 1.82) is 0 Å².